The zero-order valence-electron chi connectivity index (χ0n) is 40.9. The van der Waals surface area contributed by atoms with Gasteiger partial charge in [0.1, 0.15) is 19.8 Å². The fourth-order valence-electron chi connectivity index (χ4n) is 6.88. The predicted octanol–water partition coefficient (Wildman–Crippen LogP) is 15.0. The van der Waals surface area contributed by atoms with Gasteiger partial charge in [0.05, 0.1) is 27.7 Å². The molecule has 0 aliphatic carbocycles. The first-order valence-electron chi connectivity index (χ1n) is 25.4. The van der Waals surface area contributed by atoms with Crippen LogP contribution in [0.4, 0.5) is 0 Å². The summed E-state index contributed by atoms with van der Waals surface area (Å²) in [6.07, 6.45) is 53.0. The highest BCUT2D eigenvalue weighted by Gasteiger charge is 2.27. The van der Waals surface area contributed by atoms with Gasteiger partial charge >= 0.3 is 19.8 Å². The number of ether oxygens (including phenoxy) is 2. The van der Waals surface area contributed by atoms with Crippen molar-refractivity contribution in [2.45, 2.75) is 225 Å². The van der Waals surface area contributed by atoms with Crippen LogP contribution in [-0.4, -0.2) is 74.9 Å². The van der Waals surface area contributed by atoms with Crippen molar-refractivity contribution in [2.24, 2.45) is 0 Å². The van der Waals surface area contributed by atoms with Gasteiger partial charge in [-0.1, -0.05) is 197 Å². The quantitative estimate of drug-likeness (QED) is 0.0212. The average molecular weight is 895 g/mol. The molecule has 2 atom stereocenters. The maximum absolute atomic E-state index is 12.7. The lowest BCUT2D eigenvalue weighted by Crippen LogP contribution is -2.37. The average Bonchev–Trinajstić information content (AvgIpc) is 3.23. The number of allylic oxidation sites excluding steroid dienone is 8. The van der Waals surface area contributed by atoms with Crippen LogP contribution in [0, 0.1) is 0 Å². The molecule has 0 bridgehead atoms. The number of hydrogen-bond acceptors (Lipinski definition) is 7. The summed E-state index contributed by atoms with van der Waals surface area (Å²) in [7, 11) is 1.46. The molecule has 9 nitrogen and oxygen atoms in total. The van der Waals surface area contributed by atoms with Crippen LogP contribution in [0.2, 0.25) is 0 Å². The molecule has 0 saturated carbocycles. The van der Waals surface area contributed by atoms with E-state index in [-0.39, 0.29) is 32.0 Å². The van der Waals surface area contributed by atoms with Gasteiger partial charge in [-0.15, -0.1) is 0 Å². The topological polar surface area (TPSA) is 108 Å². The molecule has 0 aromatic heterocycles. The molecule has 362 valence electrons. The third-order valence-electron chi connectivity index (χ3n) is 10.9. The minimum absolute atomic E-state index is 0.0250. The third kappa shape index (κ3) is 47.4. The van der Waals surface area contributed by atoms with Gasteiger partial charge in [0, 0.05) is 12.8 Å². The van der Waals surface area contributed by atoms with E-state index in [1.165, 1.54) is 128 Å². The van der Waals surface area contributed by atoms with Gasteiger partial charge in [-0.25, -0.2) is 4.57 Å². The highest BCUT2D eigenvalue weighted by atomic mass is 31.2. The smallest absolute Gasteiger partial charge is 0.462 e. The van der Waals surface area contributed by atoms with E-state index >= 15 is 0 Å². The van der Waals surface area contributed by atoms with Crippen molar-refractivity contribution in [1.29, 1.82) is 0 Å². The first-order valence-corrected chi connectivity index (χ1v) is 26.9. The van der Waals surface area contributed by atoms with Crippen molar-refractivity contribution in [1.82, 2.24) is 0 Å². The van der Waals surface area contributed by atoms with Crippen molar-refractivity contribution in [3.8, 4) is 0 Å². The standard InChI is InChI=1S/C52H96NO8P/c1-6-8-10-12-14-16-18-20-22-24-26-28-30-32-34-36-38-40-42-44-51(54)58-48-50(49-60-62(56,57)59-47-46-53(3,4)5)61-52(55)45-43-41-39-37-35-33-31-29-27-25-23-21-19-17-15-13-11-9-7-2/h15,17,21,23,27,29,33,35,50H,6-14,16,18-20,22,24-26,28,30-32,34,36-49H2,1-5H3/p+1/b17-15-,23-21-,29-27-,35-33-/t50-/m1/s1. The molecule has 0 aromatic carbocycles. The molecule has 0 aromatic rings. The highest BCUT2D eigenvalue weighted by molar-refractivity contribution is 7.47. The van der Waals surface area contributed by atoms with Crippen molar-refractivity contribution in [3.05, 3.63) is 48.6 Å². The molecule has 0 fully saturated rings. The summed E-state index contributed by atoms with van der Waals surface area (Å²) < 4.78 is 34.4. The Kier molecular flexibility index (Phi) is 42.7. The van der Waals surface area contributed by atoms with Crippen LogP contribution >= 0.6 is 7.82 Å². The SMILES string of the molecule is CCCCC/C=C\C/C=C\C/C=C\C/C=C\CCCCCC(=O)O[C@H](COC(=O)CCCCCCCCCCCCCCCCCCCCC)COP(=O)(O)OCC[N+](C)(C)C. The van der Waals surface area contributed by atoms with Crippen molar-refractivity contribution >= 4 is 19.8 Å². The number of likely N-dealkylation sites (N-methyl/N-ethyl adjacent to an activating group) is 1. The van der Waals surface area contributed by atoms with E-state index in [1.807, 2.05) is 21.1 Å². The van der Waals surface area contributed by atoms with Crippen LogP contribution in [0.1, 0.15) is 219 Å². The van der Waals surface area contributed by atoms with E-state index in [0.29, 0.717) is 17.4 Å². The van der Waals surface area contributed by atoms with E-state index in [1.54, 1.807) is 0 Å². The number of phosphoric ester groups is 1. The monoisotopic (exact) mass is 895 g/mol. The molecule has 0 amide bonds. The number of quaternary nitrogens is 1. The van der Waals surface area contributed by atoms with E-state index in [0.717, 1.165) is 57.8 Å². The minimum Gasteiger partial charge on any atom is -0.462 e. The Hall–Kier alpha value is -2.03. The number of nitrogens with zero attached hydrogens (tertiary/aromatic N) is 1. The molecule has 10 heteroatoms. The first-order chi connectivity index (χ1) is 30.0. The largest absolute Gasteiger partial charge is 0.472 e. The Morgan fingerprint density at radius 3 is 1.32 bits per heavy atom. The Morgan fingerprint density at radius 2 is 0.871 bits per heavy atom. The van der Waals surface area contributed by atoms with Gasteiger partial charge in [0.25, 0.3) is 0 Å². The lowest BCUT2D eigenvalue weighted by molar-refractivity contribution is -0.870. The maximum Gasteiger partial charge on any atom is 0.472 e. The molecular formula is C52H97NO8P+. The molecule has 1 unspecified atom stereocenters. The van der Waals surface area contributed by atoms with Crippen LogP contribution in [-0.2, 0) is 32.7 Å². The lowest BCUT2D eigenvalue weighted by Gasteiger charge is -2.24. The molecule has 0 saturated heterocycles. The second kappa shape index (κ2) is 44.2. The van der Waals surface area contributed by atoms with Crippen molar-refractivity contribution < 1.29 is 42.1 Å². The Bertz CT molecular complexity index is 1190. The Morgan fingerprint density at radius 1 is 0.500 bits per heavy atom. The minimum atomic E-state index is -4.39. The summed E-state index contributed by atoms with van der Waals surface area (Å²) >= 11 is 0. The molecule has 0 rings (SSSR count). The van der Waals surface area contributed by atoms with E-state index in [9.17, 15) is 19.0 Å². The van der Waals surface area contributed by atoms with Gasteiger partial charge in [-0.3, -0.25) is 18.6 Å². The van der Waals surface area contributed by atoms with E-state index < -0.39 is 26.5 Å². The molecule has 0 aliphatic heterocycles. The number of unbranched alkanes of at least 4 members (excludes halogenated alkanes) is 24. The first kappa shape index (κ1) is 60.0. The fourth-order valence-corrected chi connectivity index (χ4v) is 7.62. The molecule has 0 spiro atoms. The second-order valence-electron chi connectivity index (χ2n) is 18.2. The van der Waals surface area contributed by atoms with Crippen LogP contribution in [0.25, 0.3) is 0 Å². The zero-order valence-corrected chi connectivity index (χ0v) is 41.7. The zero-order chi connectivity index (χ0) is 45.7. The number of carbonyl (C=O) groups is 2. The fraction of sp³-hybridized carbons (Fsp3) is 0.808. The summed E-state index contributed by atoms with van der Waals surface area (Å²) in [5.74, 6) is -0.828. The third-order valence-corrected chi connectivity index (χ3v) is 11.8. The number of carbonyl (C=O) groups excluding carboxylic acids is 2. The molecule has 0 aliphatic rings. The predicted molar refractivity (Wildman–Crippen MR) is 261 cm³/mol. The van der Waals surface area contributed by atoms with Crippen molar-refractivity contribution in [2.75, 3.05) is 47.5 Å². The summed E-state index contributed by atoms with van der Waals surface area (Å²) in [6, 6.07) is 0. The Balaban J connectivity index is 4.32. The molecular weight excluding hydrogens is 798 g/mol. The molecule has 0 heterocycles. The molecule has 0 radical (unpaired) electrons. The van der Waals surface area contributed by atoms with Gasteiger partial charge in [0.15, 0.2) is 6.10 Å². The lowest BCUT2D eigenvalue weighted by atomic mass is 10.0. The second-order valence-corrected chi connectivity index (χ2v) is 19.7. The maximum atomic E-state index is 12.7. The van der Waals surface area contributed by atoms with Gasteiger partial charge < -0.3 is 18.9 Å². The van der Waals surface area contributed by atoms with E-state index in [2.05, 4.69) is 62.5 Å². The summed E-state index contributed by atoms with van der Waals surface area (Å²) in [4.78, 5) is 35.5. The summed E-state index contributed by atoms with van der Waals surface area (Å²) in [6.45, 7) is 4.38. The number of esters is 2. The van der Waals surface area contributed by atoms with Gasteiger partial charge in [-0.2, -0.15) is 0 Å². The van der Waals surface area contributed by atoms with Crippen LogP contribution < -0.4 is 0 Å². The van der Waals surface area contributed by atoms with Gasteiger partial charge in [-0.05, 0) is 57.8 Å². The number of phosphoric acid groups is 1. The van der Waals surface area contributed by atoms with Crippen LogP contribution in [0.15, 0.2) is 48.6 Å². The van der Waals surface area contributed by atoms with Crippen LogP contribution in [0.3, 0.4) is 0 Å². The molecule has 1 N–H and O–H groups in total. The molecule has 62 heavy (non-hydrogen) atoms. The summed E-state index contributed by atoms with van der Waals surface area (Å²) in [5.41, 5.74) is 0. The highest BCUT2D eigenvalue weighted by Crippen LogP contribution is 2.43. The van der Waals surface area contributed by atoms with E-state index in [4.69, 9.17) is 18.5 Å². The number of hydrogen-bond donors (Lipinski definition) is 1. The normalized spacial score (nSPS) is 13.8. The van der Waals surface area contributed by atoms with Crippen LogP contribution in [0.5, 0.6) is 0 Å². The Labute approximate surface area is 382 Å². The summed E-state index contributed by atoms with van der Waals surface area (Å²) in [5, 5.41) is 0. The van der Waals surface area contributed by atoms with Gasteiger partial charge in [0.2, 0.25) is 0 Å². The van der Waals surface area contributed by atoms with Crippen molar-refractivity contribution in [3.63, 3.8) is 0 Å². The number of rotatable bonds is 46.